The van der Waals surface area contributed by atoms with Crippen LogP contribution in [0, 0.1) is 0 Å². The predicted octanol–water partition coefficient (Wildman–Crippen LogP) is 1.11. The zero-order valence-corrected chi connectivity index (χ0v) is 13.9. The van der Waals surface area contributed by atoms with Crippen LogP contribution in [0.25, 0.3) is 0 Å². The Morgan fingerprint density at radius 1 is 1.10 bits per heavy atom. The van der Waals surface area contributed by atoms with E-state index in [1.54, 1.807) is 14.2 Å². The fourth-order valence-electron chi connectivity index (χ4n) is 2.36. The molecule has 1 unspecified atom stereocenters. The summed E-state index contributed by atoms with van der Waals surface area (Å²) in [4.78, 5) is 2.35. The summed E-state index contributed by atoms with van der Waals surface area (Å²) in [5.74, 6) is 0. The van der Waals surface area contributed by atoms with Gasteiger partial charge in [-0.1, -0.05) is 13.8 Å². The number of ether oxygens (including phenoxy) is 2. The Hall–Kier alpha value is -0.200. The van der Waals surface area contributed by atoms with Crippen molar-refractivity contribution in [2.75, 3.05) is 53.7 Å². The van der Waals surface area contributed by atoms with Crippen LogP contribution in [-0.4, -0.2) is 75.3 Å². The van der Waals surface area contributed by atoms with E-state index in [-0.39, 0.29) is 12.1 Å². The van der Waals surface area contributed by atoms with E-state index in [0.717, 1.165) is 45.7 Å². The summed E-state index contributed by atoms with van der Waals surface area (Å²) >= 11 is 0. The van der Waals surface area contributed by atoms with Crippen LogP contribution in [-0.2, 0) is 9.47 Å². The first-order valence-electron chi connectivity index (χ1n) is 7.56. The second-order valence-electron chi connectivity index (χ2n) is 5.95. The van der Waals surface area contributed by atoms with E-state index in [0.29, 0.717) is 6.04 Å². The Morgan fingerprint density at radius 2 is 1.65 bits per heavy atom. The van der Waals surface area contributed by atoms with Crippen molar-refractivity contribution < 1.29 is 14.6 Å². The fourth-order valence-corrected chi connectivity index (χ4v) is 2.36. The average Bonchev–Trinajstić information content (AvgIpc) is 2.40. The van der Waals surface area contributed by atoms with Crippen LogP contribution in [0.5, 0.6) is 0 Å². The van der Waals surface area contributed by atoms with Crippen molar-refractivity contribution in [3.8, 4) is 0 Å². The molecule has 0 bridgehead atoms. The Morgan fingerprint density at radius 3 is 2.05 bits per heavy atom. The van der Waals surface area contributed by atoms with Crippen LogP contribution in [0.4, 0.5) is 0 Å². The lowest BCUT2D eigenvalue weighted by atomic mass is 9.95. The largest absolute Gasteiger partial charge is 0.394 e. The Bertz CT molecular complexity index is 219. The lowest BCUT2D eigenvalue weighted by molar-refractivity contribution is 0.106. The van der Waals surface area contributed by atoms with Gasteiger partial charge in [-0.25, -0.2) is 0 Å². The van der Waals surface area contributed by atoms with Gasteiger partial charge >= 0.3 is 0 Å². The van der Waals surface area contributed by atoms with Crippen LogP contribution < -0.4 is 5.32 Å². The molecule has 0 aromatic heterocycles. The summed E-state index contributed by atoms with van der Waals surface area (Å²) in [6.45, 7) is 10.8. The lowest BCUT2D eigenvalue weighted by Gasteiger charge is -2.32. The first-order chi connectivity index (χ1) is 9.47. The van der Waals surface area contributed by atoms with Crippen LogP contribution in [0.3, 0.4) is 0 Å². The number of hydrogen-bond acceptors (Lipinski definition) is 5. The minimum Gasteiger partial charge on any atom is -0.394 e. The number of nitrogens with zero attached hydrogens (tertiary/aromatic N) is 1. The smallest absolute Gasteiger partial charge is 0.0610 e. The van der Waals surface area contributed by atoms with E-state index in [1.165, 1.54) is 0 Å². The van der Waals surface area contributed by atoms with Gasteiger partial charge in [0.1, 0.15) is 0 Å². The minimum absolute atomic E-state index is 0.168. The van der Waals surface area contributed by atoms with E-state index >= 15 is 0 Å². The highest BCUT2D eigenvalue weighted by atomic mass is 16.5. The van der Waals surface area contributed by atoms with Crippen LogP contribution in [0.15, 0.2) is 0 Å². The van der Waals surface area contributed by atoms with Crippen molar-refractivity contribution in [2.24, 2.45) is 0 Å². The molecule has 20 heavy (non-hydrogen) atoms. The van der Waals surface area contributed by atoms with Crippen molar-refractivity contribution in [3.05, 3.63) is 0 Å². The Labute approximate surface area is 124 Å². The Kier molecular flexibility index (Phi) is 11.3. The minimum atomic E-state index is -0.192. The molecule has 0 fully saturated rings. The molecule has 0 aromatic rings. The van der Waals surface area contributed by atoms with Gasteiger partial charge in [0.2, 0.25) is 0 Å². The Balaban J connectivity index is 4.11. The molecule has 0 heterocycles. The van der Waals surface area contributed by atoms with E-state index in [2.05, 4.69) is 31.0 Å². The molecule has 122 valence electrons. The zero-order chi connectivity index (χ0) is 15.4. The quantitative estimate of drug-likeness (QED) is 0.532. The maximum Gasteiger partial charge on any atom is 0.0610 e. The third kappa shape index (κ3) is 9.66. The molecule has 1 atom stereocenters. The molecular formula is C15H34N2O3. The lowest BCUT2D eigenvalue weighted by Crippen LogP contribution is -2.49. The highest BCUT2D eigenvalue weighted by Crippen LogP contribution is 2.13. The summed E-state index contributed by atoms with van der Waals surface area (Å²) in [5, 5.41) is 13.0. The number of hydrogen-bond donors (Lipinski definition) is 2. The maximum atomic E-state index is 9.57. The molecule has 0 aliphatic rings. The first kappa shape index (κ1) is 19.8. The number of nitrogens with one attached hydrogen (secondary N) is 1. The highest BCUT2D eigenvalue weighted by molar-refractivity contribution is 4.84. The van der Waals surface area contributed by atoms with Gasteiger partial charge in [0, 0.05) is 38.9 Å². The van der Waals surface area contributed by atoms with Gasteiger partial charge in [0.15, 0.2) is 0 Å². The van der Waals surface area contributed by atoms with E-state index in [9.17, 15) is 5.11 Å². The average molecular weight is 290 g/mol. The van der Waals surface area contributed by atoms with Gasteiger partial charge in [-0.2, -0.15) is 0 Å². The molecule has 5 heteroatoms. The second-order valence-corrected chi connectivity index (χ2v) is 5.95. The summed E-state index contributed by atoms with van der Waals surface area (Å²) in [5.41, 5.74) is -0.192. The number of methoxy groups -OCH3 is 2. The van der Waals surface area contributed by atoms with E-state index in [1.807, 2.05) is 0 Å². The molecule has 2 N–H and O–H groups in total. The van der Waals surface area contributed by atoms with Crippen molar-refractivity contribution in [3.63, 3.8) is 0 Å². The predicted molar refractivity (Wildman–Crippen MR) is 83.2 cm³/mol. The van der Waals surface area contributed by atoms with Crippen LogP contribution in [0.2, 0.25) is 0 Å². The van der Waals surface area contributed by atoms with Crippen molar-refractivity contribution in [1.29, 1.82) is 0 Å². The molecule has 0 rings (SSSR count). The van der Waals surface area contributed by atoms with Gasteiger partial charge < -0.3 is 19.9 Å². The van der Waals surface area contributed by atoms with Crippen LogP contribution in [0.1, 0.15) is 33.6 Å². The molecule has 0 aromatic carbocycles. The summed E-state index contributed by atoms with van der Waals surface area (Å²) in [6, 6.07) is 0.380. The van der Waals surface area contributed by atoms with Gasteiger partial charge in [0.05, 0.1) is 19.8 Å². The first-order valence-corrected chi connectivity index (χ1v) is 7.56. The van der Waals surface area contributed by atoms with Gasteiger partial charge in [-0.3, -0.25) is 4.90 Å². The van der Waals surface area contributed by atoms with Gasteiger partial charge in [-0.05, 0) is 26.3 Å². The number of aliphatic hydroxyl groups excluding tert-OH is 1. The van der Waals surface area contributed by atoms with E-state index in [4.69, 9.17) is 9.47 Å². The summed E-state index contributed by atoms with van der Waals surface area (Å²) in [7, 11) is 3.45. The van der Waals surface area contributed by atoms with Crippen LogP contribution >= 0.6 is 0 Å². The maximum absolute atomic E-state index is 9.57. The molecule has 0 aliphatic carbocycles. The third-order valence-corrected chi connectivity index (χ3v) is 3.41. The summed E-state index contributed by atoms with van der Waals surface area (Å²) in [6.07, 6.45) is 2.00. The van der Waals surface area contributed by atoms with Crippen molar-refractivity contribution in [1.82, 2.24) is 10.2 Å². The van der Waals surface area contributed by atoms with Crippen molar-refractivity contribution >= 4 is 0 Å². The third-order valence-electron chi connectivity index (χ3n) is 3.41. The molecule has 0 amide bonds. The zero-order valence-electron chi connectivity index (χ0n) is 13.9. The number of rotatable bonds is 13. The fraction of sp³-hybridized carbons (Fsp3) is 1.00. The monoisotopic (exact) mass is 290 g/mol. The summed E-state index contributed by atoms with van der Waals surface area (Å²) < 4.78 is 10.3. The molecule has 0 spiro atoms. The second kappa shape index (κ2) is 11.5. The van der Waals surface area contributed by atoms with Crippen molar-refractivity contribution in [2.45, 2.75) is 45.2 Å². The number of aliphatic hydroxyl groups is 1. The highest BCUT2D eigenvalue weighted by Gasteiger charge is 2.23. The molecule has 0 radical (unpaired) electrons. The molecular weight excluding hydrogens is 256 g/mol. The van der Waals surface area contributed by atoms with Gasteiger partial charge in [-0.15, -0.1) is 0 Å². The molecule has 5 nitrogen and oxygen atoms in total. The standard InChI is InChI=1S/C15H34N2O3/c1-14(2)16-15(3,13-18)7-6-8-17(9-11-19-4)10-12-20-5/h14,16,18H,6-13H2,1-5H3. The molecule has 0 saturated carbocycles. The molecule has 0 aliphatic heterocycles. The molecule has 0 saturated heterocycles. The normalized spacial score (nSPS) is 15.0. The van der Waals surface area contributed by atoms with Gasteiger partial charge in [0.25, 0.3) is 0 Å². The topological polar surface area (TPSA) is 54.0 Å². The SMILES string of the molecule is COCCN(CCCC(C)(CO)NC(C)C)CCOC. The van der Waals surface area contributed by atoms with E-state index < -0.39 is 0 Å².